The van der Waals surface area contributed by atoms with Gasteiger partial charge in [0.15, 0.2) is 0 Å². The zero-order chi connectivity index (χ0) is 17.2. The Morgan fingerprint density at radius 3 is 2.26 bits per heavy atom. The van der Waals surface area contributed by atoms with Crippen LogP contribution in [0.4, 0.5) is 38.1 Å². The van der Waals surface area contributed by atoms with E-state index >= 15 is 0 Å². The number of alkyl halides is 3. The van der Waals surface area contributed by atoms with Crippen molar-refractivity contribution in [3.05, 3.63) is 58.6 Å². The van der Waals surface area contributed by atoms with Crippen LogP contribution in [0.5, 0.6) is 0 Å². The fourth-order valence-corrected chi connectivity index (χ4v) is 1.83. The van der Waals surface area contributed by atoms with Crippen molar-refractivity contribution in [1.29, 1.82) is 0 Å². The van der Waals surface area contributed by atoms with E-state index in [0.717, 1.165) is 30.3 Å². The number of nitrogens with one attached hydrogen (secondary N) is 2. The van der Waals surface area contributed by atoms with Gasteiger partial charge in [0.1, 0.15) is 11.6 Å². The lowest BCUT2D eigenvalue weighted by molar-refractivity contribution is -0.137. The van der Waals surface area contributed by atoms with Crippen molar-refractivity contribution in [2.24, 2.45) is 0 Å². The number of anilines is 2. The molecule has 2 N–H and O–H groups in total. The van der Waals surface area contributed by atoms with Crippen molar-refractivity contribution in [3.8, 4) is 0 Å². The number of carbonyl (C=O) groups excluding carboxylic acids is 1. The molecule has 122 valence electrons. The van der Waals surface area contributed by atoms with E-state index in [1.54, 1.807) is 0 Å². The largest absolute Gasteiger partial charge is 0.416 e. The molecule has 2 amide bonds. The van der Waals surface area contributed by atoms with Crippen molar-refractivity contribution in [3.63, 3.8) is 0 Å². The van der Waals surface area contributed by atoms with Gasteiger partial charge in [-0.25, -0.2) is 13.6 Å². The number of benzene rings is 2. The van der Waals surface area contributed by atoms with E-state index in [9.17, 15) is 26.7 Å². The molecule has 0 radical (unpaired) electrons. The summed E-state index contributed by atoms with van der Waals surface area (Å²) in [6.07, 6.45) is -4.62. The SMILES string of the molecule is O=C(Nc1cc(F)ccc1F)Nc1cc(C(F)(F)F)ccc1Cl. The topological polar surface area (TPSA) is 41.1 Å². The molecule has 0 aliphatic rings. The zero-order valence-electron chi connectivity index (χ0n) is 11.1. The number of urea groups is 1. The van der Waals surface area contributed by atoms with Gasteiger partial charge in [-0.05, 0) is 30.3 Å². The monoisotopic (exact) mass is 350 g/mol. The van der Waals surface area contributed by atoms with Gasteiger partial charge >= 0.3 is 12.2 Å². The fourth-order valence-electron chi connectivity index (χ4n) is 1.67. The van der Waals surface area contributed by atoms with Gasteiger partial charge < -0.3 is 10.6 Å². The van der Waals surface area contributed by atoms with Crippen LogP contribution in [0, 0.1) is 11.6 Å². The maximum absolute atomic E-state index is 13.4. The first-order valence-corrected chi connectivity index (χ1v) is 6.44. The molecule has 0 saturated carbocycles. The van der Waals surface area contributed by atoms with Gasteiger partial charge in [0.05, 0.1) is 22.0 Å². The molecule has 2 aromatic rings. The number of hydrogen-bond acceptors (Lipinski definition) is 1. The molecule has 0 fully saturated rings. The Kier molecular flexibility index (Phi) is 4.74. The molecule has 0 spiro atoms. The van der Waals surface area contributed by atoms with Crippen LogP contribution in [0.25, 0.3) is 0 Å². The highest BCUT2D eigenvalue weighted by Crippen LogP contribution is 2.33. The first-order valence-electron chi connectivity index (χ1n) is 6.06. The van der Waals surface area contributed by atoms with Crippen LogP contribution in [-0.4, -0.2) is 6.03 Å². The summed E-state index contributed by atoms with van der Waals surface area (Å²) in [5.41, 5.74) is -1.81. The van der Waals surface area contributed by atoms with Crippen LogP contribution in [-0.2, 0) is 6.18 Å². The molecular formula is C14H8ClF5N2O. The van der Waals surface area contributed by atoms with E-state index in [-0.39, 0.29) is 10.7 Å². The molecule has 2 aromatic carbocycles. The Morgan fingerprint density at radius 2 is 1.61 bits per heavy atom. The van der Waals surface area contributed by atoms with Gasteiger partial charge in [-0.2, -0.15) is 13.2 Å². The molecular weight excluding hydrogens is 343 g/mol. The summed E-state index contributed by atoms with van der Waals surface area (Å²) in [7, 11) is 0. The summed E-state index contributed by atoms with van der Waals surface area (Å²) in [5.74, 6) is -1.70. The highest BCUT2D eigenvalue weighted by atomic mass is 35.5. The van der Waals surface area contributed by atoms with Gasteiger partial charge in [0.2, 0.25) is 0 Å². The normalized spacial score (nSPS) is 11.2. The Balaban J connectivity index is 2.18. The zero-order valence-corrected chi connectivity index (χ0v) is 11.9. The summed E-state index contributed by atoms with van der Waals surface area (Å²) in [4.78, 5) is 11.7. The summed E-state index contributed by atoms with van der Waals surface area (Å²) < 4.78 is 64.2. The Hall–Kier alpha value is -2.35. The third-order valence-electron chi connectivity index (χ3n) is 2.72. The van der Waals surface area contributed by atoms with Crippen molar-refractivity contribution < 1.29 is 26.7 Å². The standard InChI is InChI=1S/C14H8ClF5N2O/c15-9-3-1-7(14(18,19)20)5-11(9)21-13(23)22-12-6-8(16)2-4-10(12)17/h1-6H,(H2,21,22,23). The minimum Gasteiger partial charge on any atom is -0.306 e. The lowest BCUT2D eigenvalue weighted by Gasteiger charge is -2.12. The predicted molar refractivity (Wildman–Crippen MR) is 75.5 cm³/mol. The fraction of sp³-hybridized carbons (Fsp3) is 0.0714. The van der Waals surface area contributed by atoms with E-state index in [1.165, 1.54) is 0 Å². The number of rotatable bonds is 2. The third-order valence-corrected chi connectivity index (χ3v) is 3.05. The van der Waals surface area contributed by atoms with Crippen molar-refractivity contribution in [2.45, 2.75) is 6.18 Å². The second-order valence-electron chi connectivity index (χ2n) is 4.40. The van der Waals surface area contributed by atoms with Crippen LogP contribution in [0.1, 0.15) is 5.56 Å². The average molecular weight is 351 g/mol. The molecule has 0 atom stereocenters. The molecule has 3 nitrogen and oxygen atoms in total. The predicted octanol–water partition coefficient (Wildman–Crippen LogP) is 5.28. The van der Waals surface area contributed by atoms with E-state index in [0.29, 0.717) is 6.07 Å². The Bertz CT molecular complexity index is 748. The molecule has 0 heterocycles. The van der Waals surface area contributed by atoms with E-state index < -0.39 is 35.1 Å². The van der Waals surface area contributed by atoms with E-state index in [1.807, 2.05) is 10.6 Å². The van der Waals surface area contributed by atoms with Crippen LogP contribution in [0.3, 0.4) is 0 Å². The lowest BCUT2D eigenvalue weighted by Crippen LogP contribution is -2.21. The highest BCUT2D eigenvalue weighted by Gasteiger charge is 2.31. The first kappa shape index (κ1) is 17.0. The summed E-state index contributed by atoms with van der Waals surface area (Å²) in [5, 5.41) is 3.88. The highest BCUT2D eigenvalue weighted by molar-refractivity contribution is 6.33. The van der Waals surface area contributed by atoms with E-state index in [2.05, 4.69) is 0 Å². The minimum atomic E-state index is -4.62. The van der Waals surface area contributed by atoms with E-state index in [4.69, 9.17) is 11.6 Å². The smallest absolute Gasteiger partial charge is 0.306 e. The van der Waals surface area contributed by atoms with Crippen LogP contribution in [0.2, 0.25) is 5.02 Å². The summed E-state index contributed by atoms with van der Waals surface area (Å²) in [6.45, 7) is 0. The van der Waals surface area contributed by atoms with Gasteiger partial charge in [-0.1, -0.05) is 11.6 Å². The van der Waals surface area contributed by atoms with Crippen LogP contribution < -0.4 is 10.6 Å². The lowest BCUT2D eigenvalue weighted by atomic mass is 10.2. The molecule has 0 aromatic heterocycles. The average Bonchev–Trinajstić information content (AvgIpc) is 2.44. The molecule has 2 rings (SSSR count). The van der Waals surface area contributed by atoms with Gasteiger partial charge in [-0.15, -0.1) is 0 Å². The Labute approximate surface area is 132 Å². The summed E-state index contributed by atoms with van der Waals surface area (Å²) >= 11 is 5.71. The number of amides is 2. The molecule has 9 heteroatoms. The second-order valence-corrected chi connectivity index (χ2v) is 4.80. The van der Waals surface area contributed by atoms with Gasteiger partial charge in [0, 0.05) is 6.07 Å². The molecule has 0 bridgehead atoms. The van der Waals surface area contributed by atoms with Crippen molar-refractivity contribution >= 4 is 29.0 Å². The van der Waals surface area contributed by atoms with Gasteiger partial charge in [0.25, 0.3) is 0 Å². The van der Waals surface area contributed by atoms with Crippen LogP contribution in [0.15, 0.2) is 36.4 Å². The molecule has 23 heavy (non-hydrogen) atoms. The molecule has 0 aliphatic heterocycles. The second kappa shape index (κ2) is 6.41. The molecule has 0 unspecified atom stereocenters. The number of hydrogen-bond donors (Lipinski definition) is 2. The molecule has 0 saturated heterocycles. The summed E-state index contributed by atoms with van der Waals surface area (Å²) in [6, 6.07) is 3.63. The van der Waals surface area contributed by atoms with Crippen molar-refractivity contribution in [1.82, 2.24) is 0 Å². The third kappa shape index (κ3) is 4.32. The number of halogens is 6. The maximum atomic E-state index is 13.4. The molecule has 0 aliphatic carbocycles. The first-order chi connectivity index (χ1) is 10.7. The van der Waals surface area contributed by atoms with Crippen molar-refractivity contribution in [2.75, 3.05) is 10.6 Å². The maximum Gasteiger partial charge on any atom is 0.416 e. The quantitative estimate of drug-likeness (QED) is 0.711. The van der Waals surface area contributed by atoms with Gasteiger partial charge in [-0.3, -0.25) is 0 Å². The number of carbonyl (C=O) groups is 1. The van der Waals surface area contributed by atoms with Crippen LogP contribution >= 0.6 is 11.6 Å². The minimum absolute atomic E-state index is 0.145. The Morgan fingerprint density at radius 1 is 0.957 bits per heavy atom.